The van der Waals surface area contributed by atoms with Crippen molar-refractivity contribution in [2.75, 3.05) is 11.9 Å². The lowest BCUT2D eigenvalue weighted by Gasteiger charge is -2.16. The van der Waals surface area contributed by atoms with E-state index in [1.54, 1.807) is 12.1 Å². The number of ether oxygens (including phenoxy) is 1. The van der Waals surface area contributed by atoms with E-state index >= 15 is 0 Å². The molecule has 0 aliphatic carbocycles. The topological polar surface area (TPSA) is 21.3 Å². The van der Waals surface area contributed by atoms with E-state index in [1.165, 1.54) is 12.1 Å². The second-order valence-corrected chi connectivity index (χ2v) is 6.87. The van der Waals surface area contributed by atoms with Crippen molar-refractivity contribution >= 4 is 18.1 Å². The molecule has 3 rings (SSSR count). The van der Waals surface area contributed by atoms with Crippen LogP contribution in [-0.2, 0) is 25.6 Å². The van der Waals surface area contributed by atoms with E-state index in [4.69, 9.17) is 4.74 Å². The van der Waals surface area contributed by atoms with Crippen LogP contribution in [0.5, 0.6) is 5.75 Å². The first-order valence-electron chi connectivity index (χ1n) is 8.51. The van der Waals surface area contributed by atoms with E-state index in [1.807, 2.05) is 26.0 Å². The normalized spacial score (nSPS) is 13.2. The summed E-state index contributed by atoms with van der Waals surface area (Å²) in [5.41, 5.74) is 2.48. The highest BCUT2D eigenvalue weighted by Gasteiger charge is 2.33. The van der Waals surface area contributed by atoms with Gasteiger partial charge in [0.05, 0.1) is 5.56 Å². The van der Waals surface area contributed by atoms with Gasteiger partial charge in [0.25, 0.3) is 0 Å². The van der Waals surface area contributed by atoms with E-state index in [-0.39, 0.29) is 24.6 Å². The van der Waals surface area contributed by atoms with Crippen LogP contribution < -0.4 is 10.1 Å². The van der Waals surface area contributed by atoms with Crippen LogP contribution >= 0.6 is 12.4 Å². The third-order valence-corrected chi connectivity index (χ3v) is 4.30. The van der Waals surface area contributed by atoms with Gasteiger partial charge in [-0.05, 0) is 54.2 Å². The van der Waals surface area contributed by atoms with Crippen LogP contribution in [0.4, 0.5) is 18.9 Å². The SMILES string of the molecule is CC(C)Cc1ccc(COc2ccc3c(c2)CCN3)c(C(F)(F)F)c1.Cl. The van der Waals surface area contributed by atoms with Crippen LogP contribution in [0.15, 0.2) is 36.4 Å². The van der Waals surface area contributed by atoms with Gasteiger partial charge < -0.3 is 10.1 Å². The number of anilines is 1. The minimum Gasteiger partial charge on any atom is -0.489 e. The van der Waals surface area contributed by atoms with Crippen LogP contribution in [0.1, 0.15) is 36.1 Å². The fraction of sp³-hybridized carbons (Fsp3) is 0.400. The third-order valence-electron chi connectivity index (χ3n) is 4.30. The minimum atomic E-state index is -4.38. The van der Waals surface area contributed by atoms with E-state index in [9.17, 15) is 13.2 Å². The van der Waals surface area contributed by atoms with Crippen LogP contribution in [0, 0.1) is 5.92 Å². The summed E-state index contributed by atoms with van der Waals surface area (Å²) in [6, 6.07) is 10.2. The molecule has 26 heavy (non-hydrogen) atoms. The van der Waals surface area contributed by atoms with Crippen molar-refractivity contribution in [3.8, 4) is 5.75 Å². The molecule has 1 aliphatic rings. The lowest BCUT2D eigenvalue weighted by Crippen LogP contribution is -2.12. The van der Waals surface area contributed by atoms with Crippen molar-refractivity contribution in [3.05, 3.63) is 58.7 Å². The standard InChI is InChI=1S/C20H22F3NO.ClH/c1-13(2)9-14-3-4-16(18(10-14)20(21,22)23)12-25-17-5-6-19-15(11-17)7-8-24-19;/h3-6,10-11,13,24H,7-9,12H2,1-2H3;1H. The van der Waals surface area contributed by atoms with Gasteiger partial charge >= 0.3 is 6.18 Å². The average Bonchev–Trinajstić information content (AvgIpc) is 2.99. The van der Waals surface area contributed by atoms with Gasteiger partial charge in [0, 0.05) is 17.8 Å². The van der Waals surface area contributed by atoms with Crippen molar-refractivity contribution in [2.24, 2.45) is 5.92 Å². The number of alkyl halides is 3. The second kappa shape index (κ2) is 8.21. The Morgan fingerprint density at radius 3 is 2.58 bits per heavy atom. The van der Waals surface area contributed by atoms with E-state index < -0.39 is 11.7 Å². The van der Waals surface area contributed by atoms with Crippen LogP contribution in [-0.4, -0.2) is 6.54 Å². The summed E-state index contributed by atoms with van der Waals surface area (Å²) in [5, 5.41) is 3.25. The largest absolute Gasteiger partial charge is 0.489 e. The Morgan fingerprint density at radius 2 is 1.88 bits per heavy atom. The molecule has 0 unspecified atom stereocenters. The minimum absolute atomic E-state index is 0. The Morgan fingerprint density at radius 1 is 1.12 bits per heavy atom. The Kier molecular flexibility index (Phi) is 6.45. The van der Waals surface area contributed by atoms with E-state index in [2.05, 4.69) is 5.32 Å². The fourth-order valence-electron chi connectivity index (χ4n) is 3.14. The summed E-state index contributed by atoms with van der Waals surface area (Å²) >= 11 is 0. The molecule has 0 atom stereocenters. The highest BCUT2D eigenvalue weighted by atomic mass is 35.5. The number of halogens is 4. The molecule has 0 saturated carbocycles. The molecule has 0 saturated heterocycles. The van der Waals surface area contributed by atoms with Crippen LogP contribution in [0.25, 0.3) is 0 Å². The zero-order chi connectivity index (χ0) is 18.0. The monoisotopic (exact) mass is 385 g/mol. The van der Waals surface area contributed by atoms with Gasteiger partial charge in [-0.2, -0.15) is 13.2 Å². The number of rotatable bonds is 5. The predicted octanol–water partition coefficient (Wildman–Crippen LogP) is 5.87. The molecule has 2 aromatic rings. The smallest absolute Gasteiger partial charge is 0.416 e. The molecule has 0 radical (unpaired) electrons. The molecule has 6 heteroatoms. The summed E-state index contributed by atoms with van der Waals surface area (Å²) in [6.07, 6.45) is -2.85. The first-order chi connectivity index (χ1) is 11.8. The summed E-state index contributed by atoms with van der Waals surface area (Å²) < 4.78 is 45.9. The van der Waals surface area contributed by atoms with Gasteiger partial charge in [-0.15, -0.1) is 12.4 Å². The third kappa shape index (κ3) is 4.85. The molecule has 2 nitrogen and oxygen atoms in total. The number of benzene rings is 2. The molecule has 0 fully saturated rings. The quantitative estimate of drug-likeness (QED) is 0.694. The number of fused-ring (bicyclic) bond motifs is 1. The van der Waals surface area contributed by atoms with Crippen LogP contribution in [0.3, 0.4) is 0 Å². The molecule has 2 aromatic carbocycles. The van der Waals surface area contributed by atoms with Crippen LogP contribution in [0.2, 0.25) is 0 Å². The Balaban J connectivity index is 0.00000243. The van der Waals surface area contributed by atoms with Gasteiger partial charge in [-0.1, -0.05) is 26.0 Å². The van der Waals surface area contributed by atoms with Crippen molar-refractivity contribution in [2.45, 2.75) is 39.5 Å². The molecule has 0 bridgehead atoms. The Labute approximate surface area is 158 Å². The number of nitrogens with one attached hydrogen (secondary N) is 1. The molecule has 1 aliphatic heterocycles. The van der Waals surface area contributed by atoms with Crippen molar-refractivity contribution in [3.63, 3.8) is 0 Å². The zero-order valence-electron chi connectivity index (χ0n) is 14.8. The highest BCUT2D eigenvalue weighted by Crippen LogP contribution is 2.34. The molecule has 142 valence electrons. The van der Waals surface area contributed by atoms with Crippen molar-refractivity contribution in [1.82, 2.24) is 0 Å². The predicted molar refractivity (Wildman–Crippen MR) is 100 cm³/mol. The number of hydrogen-bond acceptors (Lipinski definition) is 2. The summed E-state index contributed by atoms with van der Waals surface area (Å²) in [4.78, 5) is 0. The number of hydrogen-bond donors (Lipinski definition) is 1. The Hall–Kier alpha value is -1.88. The van der Waals surface area contributed by atoms with Crippen molar-refractivity contribution in [1.29, 1.82) is 0 Å². The molecule has 1 heterocycles. The summed E-state index contributed by atoms with van der Waals surface area (Å²) in [5.74, 6) is 0.907. The fourth-order valence-corrected chi connectivity index (χ4v) is 3.14. The first-order valence-corrected chi connectivity index (χ1v) is 8.51. The maximum atomic E-state index is 13.4. The highest BCUT2D eigenvalue weighted by molar-refractivity contribution is 5.85. The summed E-state index contributed by atoms with van der Waals surface area (Å²) in [6.45, 7) is 4.78. The summed E-state index contributed by atoms with van der Waals surface area (Å²) in [7, 11) is 0. The molecule has 0 amide bonds. The van der Waals surface area contributed by atoms with E-state index in [0.29, 0.717) is 23.7 Å². The second-order valence-electron chi connectivity index (χ2n) is 6.87. The van der Waals surface area contributed by atoms with Gasteiger partial charge in [0.1, 0.15) is 12.4 Å². The van der Waals surface area contributed by atoms with Gasteiger partial charge in [0.2, 0.25) is 0 Å². The maximum absolute atomic E-state index is 13.4. The van der Waals surface area contributed by atoms with Gasteiger partial charge in [-0.3, -0.25) is 0 Å². The zero-order valence-corrected chi connectivity index (χ0v) is 15.6. The van der Waals surface area contributed by atoms with E-state index in [0.717, 1.165) is 24.2 Å². The Bertz CT molecular complexity index is 759. The molecule has 0 spiro atoms. The van der Waals surface area contributed by atoms with Crippen molar-refractivity contribution < 1.29 is 17.9 Å². The molecule has 0 aromatic heterocycles. The molecule has 1 N–H and O–H groups in total. The lowest BCUT2D eigenvalue weighted by atomic mass is 9.98. The lowest BCUT2D eigenvalue weighted by molar-refractivity contribution is -0.138. The van der Waals surface area contributed by atoms with Gasteiger partial charge in [0.15, 0.2) is 0 Å². The molecular weight excluding hydrogens is 363 g/mol. The average molecular weight is 386 g/mol. The molecular formula is C20H23ClF3NO. The van der Waals surface area contributed by atoms with Gasteiger partial charge in [-0.25, -0.2) is 0 Å². The first kappa shape index (κ1) is 20.4. The maximum Gasteiger partial charge on any atom is 0.416 e.